The van der Waals surface area contributed by atoms with E-state index >= 15 is 0 Å². The molecule has 0 atom stereocenters. The fourth-order valence-electron chi connectivity index (χ4n) is 1.75. The van der Waals surface area contributed by atoms with Crippen molar-refractivity contribution in [3.05, 3.63) is 35.4 Å². The number of ether oxygens (including phenoxy) is 1. The Kier molecular flexibility index (Phi) is 6.44. The lowest BCUT2D eigenvalue weighted by molar-refractivity contribution is 0.185. The quantitative estimate of drug-likeness (QED) is 0.788. The van der Waals surface area contributed by atoms with Gasteiger partial charge in [0, 0.05) is 26.7 Å². The third-order valence-corrected chi connectivity index (χ3v) is 4.54. The second-order valence-electron chi connectivity index (χ2n) is 4.16. The molecule has 1 aromatic carbocycles. The summed E-state index contributed by atoms with van der Waals surface area (Å²) in [5.74, 6) is 0. The Labute approximate surface area is 115 Å². The Morgan fingerprint density at radius 1 is 1.11 bits per heavy atom. The van der Waals surface area contributed by atoms with Crippen molar-refractivity contribution in [1.82, 2.24) is 9.03 Å². The third-order valence-electron chi connectivity index (χ3n) is 2.84. The summed E-state index contributed by atoms with van der Waals surface area (Å²) >= 11 is 0. The van der Waals surface area contributed by atoms with Crippen molar-refractivity contribution in [3.8, 4) is 0 Å². The van der Waals surface area contributed by atoms with E-state index in [4.69, 9.17) is 4.74 Å². The van der Waals surface area contributed by atoms with Crippen LogP contribution in [0.15, 0.2) is 24.3 Å². The molecule has 0 radical (unpaired) electrons. The summed E-state index contributed by atoms with van der Waals surface area (Å²) in [7, 11) is -1.74. The largest absolute Gasteiger partial charge is 0.380 e. The maximum Gasteiger partial charge on any atom is 0.279 e. The molecule has 0 aliphatic rings. The Balaban J connectivity index is 2.61. The molecule has 0 aliphatic carbocycles. The first kappa shape index (κ1) is 16.1. The molecule has 0 aliphatic heterocycles. The normalized spacial score (nSPS) is 12.0. The summed E-state index contributed by atoms with van der Waals surface area (Å²) in [6, 6.07) is 7.67. The fraction of sp³-hybridized carbons (Fsp3) is 0.538. The molecule has 0 saturated carbocycles. The lowest BCUT2D eigenvalue weighted by atomic mass is 10.1. The summed E-state index contributed by atoms with van der Waals surface area (Å²) in [5, 5.41) is 0. The molecule has 6 heteroatoms. The van der Waals surface area contributed by atoms with Crippen LogP contribution in [0.1, 0.15) is 25.0 Å². The number of methoxy groups -OCH3 is 1. The van der Waals surface area contributed by atoms with Crippen molar-refractivity contribution in [2.75, 3.05) is 20.2 Å². The SMILES string of the molecule is CCN(CC)S(=O)(=O)NCc1ccc(COC)cc1. The van der Waals surface area contributed by atoms with Gasteiger partial charge < -0.3 is 4.74 Å². The van der Waals surface area contributed by atoms with E-state index < -0.39 is 10.2 Å². The first-order valence-corrected chi connectivity index (χ1v) is 7.79. The van der Waals surface area contributed by atoms with Gasteiger partial charge in [0.25, 0.3) is 10.2 Å². The van der Waals surface area contributed by atoms with Gasteiger partial charge in [0.2, 0.25) is 0 Å². The van der Waals surface area contributed by atoms with Gasteiger partial charge in [-0.05, 0) is 11.1 Å². The van der Waals surface area contributed by atoms with Crippen LogP contribution in [-0.2, 0) is 28.1 Å². The van der Waals surface area contributed by atoms with Crippen molar-refractivity contribution in [1.29, 1.82) is 0 Å². The van der Waals surface area contributed by atoms with Gasteiger partial charge in [-0.1, -0.05) is 38.1 Å². The zero-order valence-electron chi connectivity index (χ0n) is 11.7. The van der Waals surface area contributed by atoms with Crippen LogP contribution < -0.4 is 4.72 Å². The molecule has 0 unspecified atom stereocenters. The van der Waals surface area contributed by atoms with Crippen molar-refractivity contribution >= 4 is 10.2 Å². The predicted molar refractivity (Wildman–Crippen MR) is 75.8 cm³/mol. The lowest BCUT2D eigenvalue weighted by Crippen LogP contribution is -2.40. The van der Waals surface area contributed by atoms with Gasteiger partial charge >= 0.3 is 0 Å². The minimum atomic E-state index is -3.38. The van der Waals surface area contributed by atoms with E-state index in [1.54, 1.807) is 7.11 Å². The van der Waals surface area contributed by atoms with Gasteiger partial charge in [0.1, 0.15) is 0 Å². The Morgan fingerprint density at radius 2 is 1.63 bits per heavy atom. The van der Waals surface area contributed by atoms with Crippen molar-refractivity contribution in [2.24, 2.45) is 0 Å². The molecule has 0 bridgehead atoms. The molecule has 0 fully saturated rings. The maximum atomic E-state index is 11.9. The van der Waals surface area contributed by atoms with E-state index in [0.717, 1.165) is 11.1 Å². The summed E-state index contributed by atoms with van der Waals surface area (Å²) in [4.78, 5) is 0. The molecule has 0 heterocycles. The monoisotopic (exact) mass is 286 g/mol. The van der Waals surface area contributed by atoms with E-state index in [1.807, 2.05) is 38.1 Å². The predicted octanol–water partition coefficient (Wildman–Crippen LogP) is 1.51. The summed E-state index contributed by atoms with van der Waals surface area (Å²) in [5.41, 5.74) is 1.99. The highest BCUT2D eigenvalue weighted by atomic mass is 32.2. The molecule has 0 saturated heterocycles. The van der Waals surface area contributed by atoms with Crippen LogP contribution in [0, 0.1) is 0 Å². The summed E-state index contributed by atoms with van der Waals surface area (Å²) in [6.07, 6.45) is 0. The minimum absolute atomic E-state index is 0.298. The molecule has 1 N–H and O–H groups in total. The molecule has 0 spiro atoms. The second-order valence-corrected chi connectivity index (χ2v) is 5.92. The number of rotatable bonds is 8. The Morgan fingerprint density at radius 3 is 2.11 bits per heavy atom. The molecular formula is C13H22N2O3S. The van der Waals surface area contributed by atoms with E-state index in [9.17, 15) is 8.42 Å². The number of benzene rings is 1. The van der Waals surface area contributed by atoms with Crippen LogP contribution in [0.2, 0.25) is 0 Å². The molecule has 1 rings (SSSR count). The maximum absolute atomic E-state index is 11.9. The van der Waals surface area contributed by atoms with Crippen LogP contribution in [-0.4, -0.2) is 32.9 Å². The third kappa shape index (κ3) is 4.91. The zero-order valence-corrected chi connectivity index (χ0v) is 12.5. The Bertz CT molecular complexity index is 467. The summed E-state index contributed by atoms with van der Waals surface area (Å²) in [6.45, 7) is 5.44. The highest BCUT2D eigenvalue weighted by Gasteiger charge is 2.17. The molecule has 1 aromatic rings. The van der Waals surface area contributed by atoms with Crippen molar-refractivity contribution in [2.45, 2.75) is 27.0 Å². The molecule has 0 amide bonds. The highest BCUT2D eigenvalue weighted by molar-refractivity contribution is 7.87. The topological polar surface area (TPSA) is 58.6 Å². The zero-order chi connectivity index (χ0) is 14.3. The van der Waals surface area contributed by atoms with E-state index in [2.05, 4.69) is 4.72 Å². The first-order chi connectivity index (χ1) is 9.03. The van der Waals surface area contributed by atoms with Crippen molar-refractivity contribution < 1.29 is 13.2 Å². The van der Waals surface area contributed by atoms with Crippen LogP contribution in [0.5, 0.6) is 0 Å². The smallest absolute Gasteiger partial charge is 0.279 e. The first-order valence-electron chi connectivity index (χ1n) is 6.35. The average Bonchev–Trinajstić information content (AvgIpc) is 2.39. The van der Waals surface area contributed by atoms with E-state index in [-0.39, 0.29) is 0 Å². The van der Waals surface area contributed by atoms with Crippen LogP contribution in [0.25, 0.3) is 0 Å². The van der Waals surface area contributed by atoms with Gasteiger partial charge in [-0.2, -0.15) is 17.4 Å². The van der Waals surface area contributed by atoms with Crippen LogP contribution in [0.4, 0.5) is 0 Å². The van der Waals surface area contributed by atoms with Gasteiger partial charge in [-0.3, -0.25) is 0 Å². The number of hydrogen-bond acceptors (Lipinski definition) is 3. The molecular weight excluding hydrogens is 264 g/mol. The highest BCUT2D eigenvalue weighted by Crippen LogP contribution is 2.06. The molecule has 5 nitrogen and oxygen atoms in total. The van der Waals surface area contributed by atoms with Gasteiger partial charge in [0.15, 0.2) is 0 Å². The number of nitrogens with zero attached hydrogens (tertiary/aromatic N) is 1. The number of hydrogen-bond donors (Lipinski definition) is 1. The molecule has 19 heavy (non-hydrogen) atoms. The van der Waals surface area contributed by atoms with Gasteiger partial charge in [-0.15, -0.1) is 0 Å². The van der Waals surface area contributed by atoms with E-state index in [1.165, 1.54) is 4.31 Å². The van der Waals surface area contributed by atoms with Gasteiger partial charge in [0.05, 0.1) is 6.61 Å². The lowest BCUT2D eigenvalue weighted by Gasteiger charge is -2.18. The standard InChI is InChI=1S/C13H22N2O3S/c1-4-15(5-2)19(16,17)14-10-12-6-8-13(9-7-12)11-18-3/h6-9,14H,4-5,10-11H2,1-3H3. The number of nitrogens with one attached hydrogen (secondary N) is 1. The minimum Gasteiger partial charge on any atom is -0.380 e. The molecule has 0 aromatic heterocycles. The Hall–Kier alpha value is -0.950. The molecule has 108 valence electrons. The van der Waals surface area contributed by atoms with Crippen LogP contribution in [0.3, 0.4) is 0 Å². The average molecular weight is 286 g/mol. The van der Waals surface area contributed by atoms with Crippen LogP contribution >= 0.6 is 0 Å². The summed E-state index contributed by atoms with van der Waals surface area (Å²) < 4.78 is 32.9. The fourth-order valence-corrected chi connectivity index (χ4v) is 2.96. The van der Waals surface area contributed by atoms with E-state index in [0.29, 0.717) is 26.2 Å². The second kappa shape index (κ2) is 7.59. The van der Waals surface area contributed by atoms with Gasteiger partial charge in [-0.25, -0.2) is 0 Å². The van der Waals surface area contributed by atoms with Crippen molar-refractivity contribution in [3.63, 3.8) is 0 Å².